The second kappa shape index (κ2) is 9.90. The number of Topliss-reactive ketones (excluding diaryl/α,β-unsaturated/α-hetero) is 2. The molecule has 0 amide bonds. The molecule has 0 aliphatic heterocycles. The van der Waals surface area contributed by atoms with Crippen LogP contribution in [0.15, 0.2) is 30.3 Å². The van der Waals surface area contributed by atoms with Crippen LogP contribution >= 0.6 is 0 Å². The van der Waals surface area contributed by atoms with E-state index in [1.807, 2.05) is 32.0 Å². The van der Waals surface area contributed by atoms with Crippen LogP contribution in [0.2, 0.25) is 0 Å². The van der Waals surface area contributed by atoms with E-state index in [1.54, 1.807) is 6.92 Å². The normalized spacial score (nSPS) is 10.1. The highest BCUT2D eigenvalue weighted by molar-refractivity contribution is 5.99. The van der Waals surface area contributed by atoms with Crippen molar-refractivity contribution in [1.29, 1.82) is 0 Å². The van der Waals surface area contributed by atoms with Crippen LogP contribution in [0, 0.1) is 31.3 Å². The molecule has 2 aromatic rings. The zero-order valence-electron chi connectivity index (χ0n) is 15.5. The minimum Gasteiger partial charge on any atom is -0.300 e. The predicted molar refractivity (Wildman–Crippen MR) is 95.9 cm³/mol. The van der Waals surface area contributed by atoms with Crippen molar-refractivity contribution < 1.29 is 22.8 Å². The minimum atomic E-state index is -0.878. The topological polar surface area (TPSA) is 34.1 Å². The Morgan fingerprint density at radius 2 is 1.50 bits per heavy atom. The van der Waals surface area contributed by atoms with Gasteiger partial charge in [-0.2, -0.15) is 0 Å². The van der Waals surface area contributed by atoms with E-state index in [2.05, 4.69) is 0 Å². The van der Waals surface area contributed by atoms with Gasteiger partial charge in [0.05, 0.1) is 0 Å². The molecule has 0 saturated heterocycles. The van der Waals surface area contributed by atoms with Crippen LogP contribution in [0.5, 0.6) is 0 Å². The third kappa shape index (κ3) is 6.47. The molecular formula is C21H23F3O2. The Morgan fingerprint density at radius 3 is 2.00 bits per heavy atom. The first-order valence-corrected chi connectivity index (χ1v) is 8.39. The fourth-order valence-electron chi connectivity index (χ4n) is 2.37. The van der Waals surface area contributed by atoms with Gasteiger partial charge in [-0.25, -0.2) is 13.2 Å². The molecule has 0 N–H and O–H groups in total. The summed E-state index contributed by atoms with van der Waals surface area (Å²) in [5.74, 6) is -2.38. The summed E-state index contributed by atoms with van der Waals surface area (Å²) >= 11 is 0. The van der Waals surface area contributed by atoms with Crippen molar-refractivity contribution in [2.24, 2.45) is 0 Å². The summed E-state index contributed by atoms with van der Waals surface area (Å²) in [7, 11) is 0. The van der Waals surface area contributed by atoms with Gasteiger partial charge < -0.3 is 4.79 Å². The summed E-state index contributed by atoms with van der Waals surface area (Å²) in [5.41, 5.74) is 2.74. The van der Waals surface area contributed by atoms with Gasteiger partial charge in [-0.1, -0.05) is 24.6 Å². The molecule has 0 saturated carbocycles. The van der Waals surface area contributed by atoms with Crippen LogP contribution < -0.4 is 0 Å². The molecule has 0 atom stereocenters. The second-order valence-electron chi connectivity index (χ2n) is 6.15. The fraction of sp³-hybridized carbons (Fsp3) is 0.333. The maximum absolute atomic E-state index is 12.6. The molecule has 0 spiro atoms. The Labute approximate surface area is 152 Å². The largest absolute Gasteiger partial charge is 0.300 e. The van der Waals surface area contributed by atoms with Gasteiger partial charge in [0, 0.05) is 36.1 Å². The number of aryl methyl sites for hydroxylation is 2. The van der Waals surface area contributed by atoms with E-state index < -0.39 is 17.5 Å². The molecule has 0 unspecified atom stereocenters. The maximum Gasteiger partial charge on any atom is 0.163 e. The highest BCUT2D eigenvalue weighted by atomic mass is 19.1. The van der Waals surface area contributed by atoms with Gasteiger partial charge in [0.15, 0.2) is 5.78 Å². The molecule has 2 nitrogen and oxygen atoms in total. The van der Waals surface area contributed by atoms with Crippen molar-refractivity contribution in [3.63, 3.8) is 0 Å². The number of carbonyl (C=O) groups excluding carboxylic acids is 2. The molecule has 0 fully saturated rings. The lowest BCUT2D eigenvalue weighted by Crippen LogP contribution is -2.04. The van der Waals surface area contributed by atoms with Gasteiger partial charge in [0.2, 0.25) is 0 Å². The third-order valence-corrected chi connectivity index (χ3v) is 3.86. The number of hydrogen-bond acceptors (Lipinski definition) is 2. The smallest absolute Gasteiger partial charge is 0.163 e. The van der Waals surface area contributed by atoms with Crippen LogP contribution in [0.3, 0.4) is 0 Å². The molecule has 0 bridgehead atoms. The minimum absolute atomic E-state index is 0.0615. The fourth-order valence-corrected chi connectivity index (χ4v) is 2.37. The molecule has 0 aliphatic rings. The Morgan fingerprint density at radius 1 is 0.923 bits per heavy atom. The van der Waals surface area contributed by atoms with E-state index in [4.69, 9.17) is 0 Å². The van der Waals surface area contributed by atoms with Crippen molar-refractivity contribution in [2.45, 2.75) is 47.0 Å². The van der Waals surface area contributed by atoms with Crippen molar-refractivity contribution in [3.05, 3.63) is 70.0 Å². The van der Waals surface area contributed by atoms with E-state index in [0.29, 0.717) is 25.0 Å². The molecule has 26 heavy (non-hydrogen) atoms. The number of hydrogen-bond donors (Lipinski definition) is 0. The molecular weight excluding hydrogens is 341 g/mol. The number of rotatable bonds is 5. The Hall–Kier alpha value is -2.43. The Balaban J connectivity index is 0.000000273. The summed E-state index contributed by atoms with van der Waals surface area (Å²) in [6, 6.07) is 7.18. The molecule has 2 rings (SSSR count). The van der Waals surface area contributed by atoms with E-state index in [0.717, 1.165) is 16.7 Å². The molecule has 0 aromatic heterocycles. The van der Waals surface area contributed by atoms with Gasteiger partial charge in [-0.15, -0.1) is 0 Å². The summed E-state index contributed by atoms with van der Waals surface area (Å²) in [5, 5.41) is 0. The highest BCUT2D eigenvalue weighted by Crippen LogP contribution is 2.15. The van der Waals surface area contributed by atoms with Gasteiger partial charge in [0.25, 0.3) is 0 Å². The first-order valence-electron chi connectivity index (χ1n) is 8.39. The maximum atomic E-state index is 12.6. The van der Waals surface area contributed by atoms with Crippen LogP contribution in [-0.4, -0.2) is 11.6 Å². The monoisotopic (exact) mass is 364 g/mol. The van der Waals surface area contributed by atoms with Gasteiger partial charge in [0.1, 0.15) is 23.2 Å². The van der Waals surface area contributed by atoms with E-state index >= 15 is 0 Å². The second-order valence-corrected chi connectivity index (χ2v) is 6.15. The molecule has 140 valence electrons. The Bertz CT molecular complexity index is 775. The van der Waals surface area contributed by atoms with Crippen LogP contribution in [0.25, 0.3) is 0 Å². The SMILES string of the molecule is CC(=O)CCC(=O)c1cc(C)ccc1C.CCc1c(F)cc(F)cc1F. The highest BCUT2D eigenvalue weighted by Gasteiger charge is 2.10. The zero-order valence-corrected chi connectivity index (χ0v) is 15.5. The summed E-state index contributed by atoms with van der Waals surface area (Å²) in [4.78, 5) is 22.5. The first kappa shape index (κ1) is 21.6. The summed E-state index contributed by atoms with van der Waals surface area (Å²) in [6.45, 7) is 7.00. The molecule has 0 radical (unpaired) electrons. The van der Waals surface area contributed by atoms with Crippen LogP contribution in [-0.2, 0) is 11.2 Å². The van der Waals surface area contributed by atoms with Crippen molar-refractivity contribution in [1.82, 2.24) is 0 Å². The third-order valence-electron chi connectivity index (χ3n) is 3.86. The van der Waals surface area contributed by atoms with Crippen molar-refractivity contribution >= 4 is 11.6 Å². The zero-order chi connectivity index (χ0) is 19.9. The number of benzene rings is 2. The average molecular weight is 364 g/mol. The lowest BCUT2D eigenvalue weighted by molar-refractivity contribution is -0.116. The van der Waals surface area contributed by atoms with E-state index in [9.17, 15) is 22.8 Å². The van der Waals surface area contributed by atoms with Gasteiger partial charge in [-0.3, -0.25) is 4.79 Å². The standard InChI is InChI=1S/C13H16O2.C8H7F3/c1-9-4-5-10(2)12(8-9)13(15)7-6-11(3)14;1-2-6-7(10)3-5(9)4-8(6)11/h4-5,8H,6-7H2,1-3H3;3-4H,2H2,1H3. The number of ketones is 2. The summed E-state index contributed by atoms with van der Waals surface area (Å²) < 4.78 is 37.5. The first-order chi connectivity index (χ1) is 12.1. The molecule has 2 aromatic carbocycles. The van der Waals surface area contributed by atoms with Crippen LogP contribution in [0.1, 0.15) is 53.7 Å². The van der Waals surface area contributed by atoms with Gasteiger partial charge in [-0.05, 0) is 38.8 Å². The van der Waals surface area contributed by atoms with Crippen molar-refractivity contribution in [3.8, 4) is 0 Å². The lowest BCUT2D eigenvalue weighted by atomic mass is 9.99. The lowest BCUT2D eigenvalue weighted by Gasteiger charge is -2.05. The Kier molecular flexibility index (Phi) is 8.23. The van der Waals surface area contributed by atoms with Crippen LogP contribution in [0.4, 0.5) is 13.2 Å². The molecule has 0 aliphatic carbocycles. The number of carbonyl (C=O) groups is 2. The number of halogens is 3. The predicted octanol–water partition coefficient (Wildman–Crippen LogP) is 5.52. The van der Waals surface area contributed by atoms with E-state index in [-0.39, 0.29) is 23.6 Å². The van der Waals surface area contributed by atoms with E-state index in [1.165, 1.54) is 6.92 Å². The molecule has 0 heterocycles. The average Bonchev–Trinajstić information content (AvgIpc) is 2.55. The quantitative estimate of drug-likeness (QED) is 0.655. The summed E-state index contributed by atoms with van der Waals surface area (Å²) in [6.07, 6.45) is 0.893. The van der Waals surface area contributed by atoms with Crippen molar-refractivity contribution in [2.75, 3.05) is 0 Å². The van der Waals surface area contributed by atoms with Gasteiger partial charge >= 0.3 is 0 Å². The molecule has 5 heteroatoms.